The van der Waals surface area contributed by atoms with Crippen LogP contribution in [0.4, 0.5) is 0 Å². The first kappa shape index (κ1) is 12.9. The van der Waals surface area contributed by atoms with Crippen molar-refractivity contribution in [3.63, 3.8) is 0 Å². The molecular weight excluding hydrogens is 264 g/mol. The predicted octanol–water partition coefficient (Wildman–Crippen LogP) is 0.519. The molecule has 4 unspecified atom stereocenters. The molecule has 4 atom stereocenters. The van der Waals surface area contributed by atoms with Gasteiger partial charge in [0.15, 0.2) is 6.61 Å². The van der Waals surface area contributed by atoms with E-state index in [1.807, 2.05) is 6.08 Å². The Balaban J connectivity index is 1.56. The van der Waals surface area contributed by atoms with Crippen molar-refractivity contribution in [2.75, 3.05) is 6.61 Å². The summed E-state index contributed by atoms with van der Waals surface area (Å²) in [4.78, 5) is 34.3. The van der Waals surface area contributed by atoms with Gasteiger partial charge in [0.05, 0.1) is 0 Å². The van der Waals surface area contributed by atoms with Crippen LogP contribution in [0.2, 0.25) is 0 Å². The molecule has 1 aliphatic heterocycles. The maximum Gasteiger partial charge on any atom is 0.344 e. The summed E-state index contributed by atoms with van der Waals surface area (Å²) in [6, 6.07) is 0. The predicted molar refractivity (Wildman–Crippen MR) is 65.2 cm³/mol. The first-order valence-electron chi connectivity index (χ1n) is 6.42. The third-order valence-corrected chi connectivity index (χ3v) is 3.88. The summed E-state index contributed by atoms with van der Waals surface area (Å²) in [6.07, 6.45) is 1.75. The standard InChI is InChI=1S/C14H14O6/c1-6(2)13(16)18-5-10(15)19-11-7-3-8-9(4-7)14(17)20-12(8)11/h4,7-8,11-12H,1,3,5H2,2H3. The maximum absolute atomic E-state index is 11.7. The normalized spacial score (nSPS) is 32.6. The van der Waals surface area contributed by atoms with Gasteiger partial charge in [-0.05, 0) is 13.3 Å². The molecule has 2 fully saturated rings. The molecule has 3 aliphatic rings. The largest absolute Gasteiger partial charge is 0.455 e. The lowest BCUT2D eigenvalue weighted by atomic mass is 9.97. The molecule has 2 aliphatic carbocycles. The SMILES string of the molecule is C=C(C)C(=O)OCC(=O)OC1C2C=C3C(=O)OC1C3C2. The fourth-order valence-corrected chi connectivity index (χ4v) is 3.00. The Bertz CT molecular complexity index is 546. The number of carbonyl (C=O) groups excluding carboxylic acids is 3. The molecule has 3 rings (SSSR count). The Morgan fingerprint density at radius 2 is 2.25 bits per heavy atom. The molecule has 20 heavy (non-hydrogen) atoms. The van der Waals surface area contributed by atoms with E-state index in [-0.39, 0.29) is 29.5 Å². The lowest BCUT2D eigenvalue weighted by Crippen LogP contribution is -2.35. The molecule has 0 amide bonds. The lowest BCUT2D eigenvalue weighted by Gasteiger charge is -2.22. The van der Waals surface area contributed by atoms with Crippen molar-refractivity contribution in [1.29, 1.82) is 0 Å². The lowest BCUT2D eigenvalue weighted by molar-refractivity contribution is -0.168. The van der Waals surface area contributed by atoms with Crippen LogP contribution >= 0.6 is 0 Å². The van der Waals surface area contributed by atoms with Crippen LogP contribution in [-0.4, -0.2) is 36.7 Å². The Labute approximate surface area is 115 Å². The Morgan fingerprint density at radius 3 is 2.95 bits per heavy atom. The quantitative estimate of drug-likeness (QED) is 0.424. The molecule has 2 bridgehead atoms. The molecule has 0 spiro atoms. The van der Waals surface area contributed by atoms with E-state index in [4.69, 9.17) is 14.2 Å². The van der Waals surface area contributed by atoms with Crippen LogP contribution in [-0.2, 0) is 28.6 Å². The monoisotopic (exact) mass is 278 g/mol. The Kier molecular flexibility index (Phi) is 2.88. The van der Waals surface area contributed by atoms with E-state index in [0.29, 0.717) is 5.57 Å². The van der Waals surface area contributed by atoms with Gasteiger partial charge < -0.3 is 14.2 Å². The topological polar surface area (TPSA) is 78.9 Å². The summed E-state index contributed by atoms with van der Waals surface area (Å²) in [7, 11) is 0. The first-order valence-corrected chi connectivity index (χ1v) is 6.42. The van der Waals surface area contributed by atoms with Crippen molar-refractivity contribution in [3.05, 3.63) is 23.8 Å². The van der Waals surface area contributed by atoms with E-state index in [2.05, 4.69) is 6.58 Å². The molecule has 0 aromatic carbocycles. The summed E-state index contributed by atoms with van der Waals surface area (Å²) in [6.45, 7) is 4.45. The minimum Gasteiger partial charge on any atom is -0.455 e. The van der Waals surface area contributed by atoms with E-state index in [1.165, 1.54) is 6.92 Å². The molecule has 1 heterocycles. The van der Waals surface area contributed by atoms with Gasteiger partial charge in [-0.3, -0.25) is 0 Å². The molecule has 6 heteroatoms. The van der Waals surface area contributed by atoms with E-state index in [0.717, 1.165) is 6.42 Å². The maximum atomic E-state index is 11.7. The van der Waals surface area contributed by atoms with E-state index in [9.17, 15) is 14.4 Å². The number of esters is 3. The molecule has 0 N–H and O–H groups in total. The second-order valence-corrected chi connectivity index (χ2v) is 5.31. The highest BCUT2D eigenvalue weighted by atomic mass is 16.6. The van der Waals surface area contributed by atoms with Crippen molar-refractivity contribution in [2.45, 2.75) is 25.6 Å². The van der Waals surface area contributed by atoms with E-state index < -0.39 is 24.6 Å². The molecule has 0 aromatic heterocycles. The van der Waals surface area contributed by atoms with Gasteiger partial charge in [0, 0.05) is 23.0 Å². The van der Waals surface area contributed by atoms with Gasteiger partial charge in [-0.25, -0.2) is 14.4 Å². The minimum absolute atomic E-state index is 0.0206. The number of fused-ring (bicyclic) bond motifs is 1. The zero-order chi connectivity index (χ0) is 14.4. The molecule has 1 saturated heterocycles. The summed E-state index contributed by atoms with van der Waals surface area (Å²) >= 11 is 0. The highest BCUT2D eigenvalue weighted by molar-refractivity contribution is 5.93. The van der Waals surface area contributed by atoms with Gasteiger partial charge in [-0.1, -0.05) is 12.7 Å². The van der Waals surface area contributed by atoms with Crippen LogP contribution in [0.15, 0.2) is 23.8 Å². The summed E-state index contributed by atoms with van der Waals surface area (Å²) in [5.74, 6) is -1.52. The highest BCUT2D eigenvalue weighted by Crippen LogP contribution is 2.51. The number of hydrogen-bond donors (Lipinski definition) is 0. The molecule has 0 radical (unpaired) electrons. The Morgan fingerprint density at radius 1 is 1.50 bits per heavy atom. The Hall–Kier alpha value is -2.11. The van der Waals surface area contributed by atoms with Crippen molar-refractivity contribution in [3.8, 4) is 0 Å². The fraction of sp³-hybridized carbons (Fsp3) is 0.500. The summed E-state index contributed by atoms with van der Waals surface area (Å²) < 4.78 is 15.2. The van der Waals surface area contributed by atoms with Gasteiger partial charge in [-0.2, -0.15) is 0 Å². The first-order chi connectivity index (χ1) is 9.47. The second-order valence-electron chi connectivity index (χ2n) is 5.31. The third kappa shape index (κ3) is 1.92. The molecule has 106 valence electrons. The van der Waals surface area contributed by atoms with Gasteiger partial charge in [0.1, 0.15) is 12.2 Å². The van der Waals surface area contributed by atoms with E-state index >= 15 is 0 Å². The molecule has 1 saturated carbocycles. The van der Waals surface area contributed by atoms with E-state index in [1.54, 1.807) is 0 Å². The van der Waals surface area contributed by atoms with Gasteiger partial charge in [-0.15, -0.1) is 0 Å². The molecular formula is C14H14O6. The number of rotatable bonds is 4. The van der Waals surface area contributed by atoms with Crippen LogP contribution in [0.3, 0.4) is 0 Å². The average molecular weight is 278 g/mol. The minimum atomic E-state index is -0.643. The molecule has 6 nitrogen and oxygen atoms in total. The second kappa shape index (κ2) is 4.47. The van der Waals surface area contributed by atoms with Crippen LogP contribution in [0.5, 0.6) is 0 Å². The van der Waals surface area contributed by atoms with Crippen LogP contribution < -0.4 is 0 Å². The van der Waals surface area contributed by atoms with Crippen molar-refractivity contribution in [2.24, 2.45) is 11.8 Å². The number of carbonyl (C=O) groups is 3. The summed E-state index contributed by atoms with van der Waals surface area (Å²) in [5, 5.41) is 0. The van der Waals surface area contributed by atoms with Crippen LogP contribution in [0, 0.1) is 11.8 Å². The molecule has 0 aromatic rings. The van der Waals surface area contributed by atoms with Crippen LogP contribution in [0.1, 0.15) is 13.3 Å². The van der Waals surface area contributed by atoms with Crippen molar-refractivity contribution < 1.29 is 28.6 Å². The zero-order valence-corrected chi connectivity index (χ0v) is 11.0. The number of ether oxygens (including phenoxy) is 3. The van der Waals surface area contributed by atoms with Gasteiger partial charge >= 0.3 is 17.9 Å². The summed E-state index contributed by atoms with van der Waals surface area (Å²) in [5.41, 5.74) is 0.927. The number of hydrogen-bond acceptors (Lipinski definition) is 6. The van der Waals surface area contributed by atoms with Crippen molar-refractivity contribution >= 4 is 17.9 Å². The van der Waals surface area contributed by atoms with Crippen molar-refractivity contribution in [1.82, 2.24) is 0 Å². The van der Waals surface area contributed by atoms with Crippen LogP contribution in [0.25, 0.3) is 0 Å². The smallest absolute Gasteiger partial charge is 0.344 e. The highest BCUT2D eigenvalue weighted by Gasteiger charge is 2.58. The average Bonchev–Trinajstić information content (AvgIpc) is 3.00. The zero-order valence-electron chi connectivity index (χ0n) is 11.0. The van der Waals surface area contributed by atoms with Gasteiger partial charge in [0.2, 0.25) is 0 Å². The van der Waals surface area contributed by atoms with Gasteiger partial charge in [0.25, 0.3) is 0 Å². The third-order valence-electron chi connectivity index (χ3n) is 3.88. The fourth-order valence-electron chi connectivity index (χ4n) is 3.00.